The molecule has 106 valence electrons. The molecule has 1 unspecified atom stereocenters. The molecule has 1 aromatic carbocycles. The first-order valence-electron chi connectivity index (χ1n) is 6.55. The van der Waals surface area contributed by atoms with Gasteiger partial charge in [-0.15, -0.1) is 0 Å². The van der Waals surface area contributed by atoms with E-state index < -0.39 is 0 Å². The molecular formula is C14H20ClNO3. The number of hydrogen-bond donors (Lipinski definition) is 2. The number of aliphatic hydroxyl groups excluding tert-OH is 1. The number of fused-ring (bicyclic) bond motifs is 1. The Kier molecular flexibility index (Phi) is 4.91. The van der Waals surface area contributed by atoms with E-state index in [1.807, 2.05) is 12.1 Å². The Morgan fingerprint density at radius 1 is 1.32 bits per heavy atom. The van der Waals surface area contributed by atoms with Crippen LogP contribution < -0.4 is 14.8 Å². The van der Waals surface area contributed by atoms with Crippen LogP contribution in [0.1, 0.15) is 25.5 Å². The number of ether oxygens (including phenoxy) is 2. The van der Waals surface area contributed by atoms with Gasteiger partial charge in [0.2, 0.25) is 0 Å². The fraction of sp³-hybridized carbons (Fsp3) is 0.571. The molecule has 0 amide bonds. The van der Waals surface area contributed by atoms with Gasteiger partial charge in [0.1, 0.15) is 13.2 Å². The van der Waals surface area contributed by atoms with Crippen LogP contribution in [0.25, 0.3) is 0 Å². The highest BCUT2D eigenvalue weighted by Crippen LogP contribution is 2.39. The van der Waals surface area contributed by atoms with Gasteiger partial charge in [0.05, 0.1) is 17.7 Å². The predicted octanol–water partition coefficient (Wildman–Crippen LogP) is 2.39. The van der Waals surface area contributed by atoms with Crippen molar-refractivity contribution in [1.82, 2.24) is 5.32 Å². The van der Waals surface area contributed by atoms with Crippen molar-refractivity contribution in [1.29, 1.82) is 0 Å². The van der Waals surface area contributed by atoms with Gasteiger partial charge >= 0.3 is 0 Å². The summed E-state index contributed by atoms with van der Waals surface area (Å²) in [6, 6.07) is 3.56. The van der Waals surface area contributed by atoms with Gasteiger partial charge in [-0.05, 0) is 30.2 Å². The zero-order valence-electron chi connectivity index (χ0n) is 11.3. The van der Waals surface area contributed by atoms with Gasteiger partial charge in [-0.1, -0.05) is 25.4 Å². The summed E-state index contributed by atoms with van der Waals surface area (Å²) in [5, 5.41) is 13.3. The number of benzene rings is 1. The summed E-state index contributed by atoms with van der Waals surface area (Å²) in [7, 11) is 0. The number of rotatable bonds is 5. The molecule has 1 aliphatic heterocycles. The highest BCUT2D eigenvalue weighted by molar-refractivity contribution is 6.32. The molecule has 1 atom stereocenters. The molecule has 19 heavy (non-hydrogen) atoms. The second kappa shape index (κ2) is 6.46. The number of aliphatic hydroxyl groups is 1. The van der Waals surface area contributed by atoms with Crippen LogP contribution in [0.15, 0.2) is 12.1 Å². The highest BCUT2D eigenvalue weighted by Gasteiger charge is 2.20. The third kappa shape index (κ3) is 3.53. The maximum Gasteiger partial charge on any atom is 0.179 e. The lowest BCUT2D eigenvalue weighted by Crippen LogP contribution is -2.28. The van der Waals surface area contributed by atoms with Gasteiger partial charge in [-0.2, -0.15) is 0 Å². The number of hydrogen-bond acceptors (Lipinski definition) is 4. The van der Waals surface area contributed by atoms with Gasteiger partial charge in [0.25, 0.3) is 0 Å². The molecule has 1 aromatic rings. The summed E-state index contributed by atoms with van der Waals surface area (Å²) in [6.07, 6.45) is 0. The van der Waals surface area contributed by atoms with Crippen molar-refractivity contribution in [2.24, 2.45) is 5.92 Å². The molecule has 0 aromatic heterocycles. The fourth-order valence-corrected chi connectivity index (χ4v) is 2.27. The minimum atomic E-state index is -0.143. The van der Waals surface area contributed by atoms with Gasteiger partial charge < -0.3 is 19.9 Å². The van der Waals surface area contributed by atoms with Crippen molar-refractivity contribution in [2.45, 2.75) is 19.9 Å². The van der Waals surface area contributed by atoms with Crippen molar-refractivity contribution in [2.75, 3.05) is 26.4 Å². The summed E-state index contributed by atoms with van der Waals surface area (Å²) in [5.74, 6) is 1.76. The minimum absolute atomic E-state index is 0.0166. The van der Waals surface area contributed by atoms with E-state index in [4.69, 9.17) is 21.1 Å². The molecule has 0 bridgehead atoms. The van der Waals surface area contributed by atoms with Crippen LogP contribution in [-0.2, 0) is 0 Å². The SMILES string of the molecule is CC(C)CNC(CO)c1cc(Cl)c2c(c1)OCCO2. The fourth-order valence-electron chi connectivity index (χ4n) is 2.00. The van der Waals surface area contributed by atoms with Crippen LogP contribution in [0.4, 0.5) is 0 Å². The van der Waals surface area contributed by atoms with Gasteiger partial charge in [-0.25, -0.2) is 0 Å². The van der Waals surface area contributed by atoms with Crippen molar-refractivity contribution in [3.63, 3.8) is 0 Å². The lowest BCUT2D eigenvalue weighted by Gasteiger charge is -2.23. The minimum Gasteiger partial charge on any atom is -0.486 e. The second-order valence-corrected chi connectivity index (χ2v) is 5.47. The molecule has 0 saturated heterocycles. The highest BCUT2D eigenvalue weighted by atomic mass is 35.5. The molecule has 0 fully saturated rings. The zero-order chi connectivity index (χ0) is 13.8. The zero-order valence-corrected chi connectivity index (χ0v) is 12.0. The summed E-state index contributed by atoms with van der Waals surface area (Å²) in [4.78, 5) is 0. The lowest BCUT2D eigenvalue weighted by molar-refractivity contribution is 0.171. The maximum atomic E-state index is 9.51. The quantitative estimate of drug-likeness (QED) is 0.872. The first kappa shape index (κ1) is 14.4. The summed E-state index contributed by atoms with van der Waals surface area (Å²) in [6.45, 7) is 6.13. The Labute approximate surface area is 118 Å². The molecule has 0 radical (unpaired) electrons. The average Bonchev–Trinajstić information content (AvgIpc) is 2.39. The van der Waals surface area contributed by atoms with Crippen LogP contribution in [-0.4, -0.2) is 31.5 Å². The molecule has 2 N–H and O–H groups in total. The Hall–Kier alpha value is -0.970. The molecule has 0 saturated carbocycles. The Balaban J connectivity index is 2.20. The third-order valence-electron chi connectivity index (χ3n) is 2.98. The van der Waals surface area contributed by atoms with Gasteiger partial charge in [0.15, 0.2) is 11.5 Å². The molecule has 1 aliphatic rings. The largest absolute Gasteiger partial charge is 0.486 e. The smallest absolute Gasteiger partial charge is 0.179 e. The van der Waals surface area contributed by atoms with E-state index >= 15 is 0 Å². The third-order valence-corrected chi connectivity index (χ3v) is 3.26. The maximum absolute atomic E-state index is 9.51. The Morgan fingerprint density at radius 2 is 2.05 bits per heavy atom. The summed E-state index contributed by atoms with van der Waals surface area (Å²) >= 11 is 6.20. The molecule has 1 heterocycles. The van der Waals surface area contributed by atoms with E-state index in [-0.39, 0.29) is 12.6 Å². The molecule has 2 rings (SSSR count). The molecule has 0 spiro atoms. The van der Waals surface area contributed by atoms with Crippen LogP contribution >= 0.6 is 11.6 Å². The van der Waals surface area contributed by atoms with E-state index in [1.165, 1.54) is 0 Å². The van der Waals surface area contributed by atoms with Gasteiger partial charge in [0, 0.05) is 0 Å². The van der Waals surface area contributed by atoms with Crippen molar-refractivity contribution >= 4 is 11.6 Å². The van der Waals surface area contributed by atoms with Crippen LogP contribution in [0.5, 0.6) is 11.5 Å². The first-order chi connectivity index (χ1) is 9.11. The van der Waals surface area contributed by atoms with Crippen LogP contribution in [0.2, 0.25) is 5.02 Å². The van der Waals surface area contributed by atoms with Crippen LogP contribution in [0.3, 0.4) is 0 Å². The molecule has 5 heteroatoms. The van der Waals surface area contributed by atoms with E-state index in [1.54, 1.807) is 0 Å². The standard InChI is InChI=1S/C14H20ClNO3/c1-9(2)7-16-12(8-17)10-5-11(15)14-13(6-10)18-3-4-19-14/h5-6,9,12,16-17H,3-4,7-8H2,1-2H3. The van der Waals surface area contributed by atoms with E-state index in [2.05, 4.69) is 19.2 Å². The van der Waals surface area contributed by atoms with E-state index in [0.717, 1.165) is 12.1 Å². The van der Waals surface area contributed by atoms with E-state index in [9.17, 15) is 5.11 Å². The summed E-state index contributed by atoms with van der Waals surface area (Å²) < 4.78 is 11.0. The molecule has 4 nitrogen and oxygen atoms in total. The normalized spacial score (nSPS) is 15.6. The Bertz CT molecular complexity index is 437. The number of halogens is 1. The predicted molar refractivity (Wildman–Crippen MR) is 75.1 cm³/mol. The Morgan fingerprint density at radius 3 is 2.74 bits per heavy atom. The van der Waals surface area contributed by atoms with Gasteiger partial charge in [-0.3, -0.25) is 0 Å². The second-order valence-electron chi connectivity index (χ2n) is 5.06. The lowest BCUT2D eigenvalue weighted by atomic mass is 10.1. The number of nitrogens with one attached hydrogen (secondary N) is 1. The topological polar surface area (TPSA) is 50.7 Å². The first-order valence-corrected chi connectivity index (χ1v) is 6.93. The van der Waals surface area contributed by atoms with E-state index in [0.29, 0.717) is 35.7 Å². The molecular weight excluding hydrogens is 266 g/mol. The van der Waals surface area contributed by atoms with Crippen molar-refractivity contribution < 1.29 is 14.6 Å². The average molecular weight is 286 g/mol. The van der Waals surface area contributed by atoms with Crippen LogP contribution in [0, 0.1) is 5.92 Å². The van der Waals surface area contributed by atoms with Crippen molar-refractivity contribution in [3.05, 3.63) is 22.7 Å². The molecule has 0 aliphatic carbocycles. The van der Waals surface area contributed by atoms with Crippen molar-refractivity contribution in [3.8, 4) is 11.5 Å². The monoisotopic (exact) mass is 285 g/mol. The summed E-state index contributed by atoms with van der Waals surface area (Å²) in [5.41, 5.74) is 0.914.